The topological polar surface area (TPSA) is 149 Å². The first-order chi connectivity index (χ1) is 36.4. The molecule has 0 spiro atoms. The van der Waals surface area contributed by atoms with Crippen LogP contribution in [-0.2, 0) is 33.3 Å². The Morgan fingerprint density at radius 3 is 1.34 bits per heavy atom. The van der Waals surface area contributed by atoms with E-state index in [4.69, 9.17) is 18.9 Å². The minimum atomic E-state index is -0.599. The molecule has 0 aromatic carbocycles. The standard InChI is InChI=1S/C15H24O3.C15H22O3.2C13H20O2.C8H18B.C4H10.K/c2*1-11-9-12(16)10-14(2,3)13(11)5-6-15(4)17-7-8-18-15;2*1-9-7-11(15)8-13(3,4)12(9)6-5-10(2)14;1-5-7(3)9-8(4)6-2;1-3-4-2;/h5-6,9,12-13,16H,7-8,10H2,1-4H3;5-6,9,13H,7-8,10H2,1-4H3;5-6,11,15H,7-8H2,1-4H3;5-7,11-12,15H,8H2,1-4H3;7-8H,5-6H2,1-4H3;3-4H2,1-2H3;/q;;;;-1;;+1. The zero-order chi connectivity index (χ0) is 60.7. The van der Waals surface area contributed by atoms with Crippen LogP contribution >= 0.6 is 0 Å². The van der Waals surface area contributed by atoms with Crippen LogP contribution in [0.15, 0.2) is 94.7 Å². The van der Waals surface area contributed by atoms with Crippen LogP contribution in [0.5, 0.6) is 0 Å². The van der Waals surface area contributed by atoms with Crippen molar-refractivity contribution in [1.82, 2.24) is 0 Å². The number of rotatable bonds is 13. The van der Waals surface area contributed by atoms with E-state index in [1.807, 2.05) is 71.1 Å². The maximum absolute atomic E-state index is 11.6. The number of hydrogen-bond donors (Lipinski definition) is 3. The average Bonchev–Trinajstić information content (AvgIpc) is 3.95. The SMILES string of the molecule is CC(=O)C=CC1=C(C)CC(O)CC1(C)C.CC(=O)C=CC1C(C)=CC(O)CC1(C)C.CC1=CC(=O)CC(C)(C)C1C=CC1(C)OCCO1.CC1=CC(O)CC(C)(C)C1C=CC1(C)OCCO1.CCC(C)[B-]C(C)CC.CCCC.[K+]. The Balaban J connectivity index is 0.000000969. The van der Waals surface area contributed by atoms with Crippen molar-refractivity contribution in [2.75, 3.05) is 26.4 Å². The van der Waals surface area contributed by atoms with Crippen molar-refractivity contribution >= 4 is 24.6 Å². The molecule has 0 amide bonds. The minimum Gasteiger partial charge on any atom is -0.393 e. The molecule has 8 atom stereocenters. The number of carbonyl (C=O) groups excluding carboxylic acids is 3. The third kappa shape index (κ3) is 28.5. The zero-order valence-corrected chi connectivity index (χ0v) is 58.1. The smallest absolute Gasteiger partial charge is 0.393 e. The van der Waals surface area contributed by atoms with Gasteiger partial charge in [0.05, 0.1) is 44.7 Å². The van der Waals surface area contributed by atoms with Gasteiger partial charge in [0.15, 0.2) is 28.9 Å². The average molecular weight is 1140 g/mol. The molecule has 2 radical (unpaired) electrons. The fraction of sp³-hybridized carbons (Fsp3) is 0.721. The Hall–Kier alpha value is -1.65. The van der Waals surface area contributed by atoms with Crippen molar-refractivity contribution in [1.29, 1.82) is 0 Å². The third-order valence-electron chi connectivity index (χ3n) is 16.2. The summed E-state index contributed by atoms with van der Waals surface area (Å²) in [5.74, 6) is 1.64. The van der Waals surface area contributed by atoms with E-state index in [9.17, 15) is 29.7 Å². The van der Waals surface area contributed by atoms with Crippen LogP contribution in [0, 0.1) is 39.4 Å². The molecule has 2 aliphatic heterocycles. The van der Waals surface area contributed by atoms with E-state index in [0.717, 1.165) is 48.5 Å². The van der Waals surface area contributed by atoms with E-state index in [1.54, 1.807) is 32.1 Å². The van der Waals surface area contributed by atoms with E-state index >= 15 is 0 Å². The number of ketones is 3. The molecule has 10 nitrogen and oxygen atoms in total. The summed E-state index contributed by atoms with van der Waals surface area (Å²) in [6.07, 6.45) is 28.9. The molecule has 0 aromatic heterocycles. The number of unbranched alkanes of at least 4 members (excludes halogenated alkanes) is 1. The van der Waals surface area contributed by atoms with Crippen molar-refractivity contribution in [3.8, 4) is 0 Å². The normalized spacial score (nSPS) is 27.7. The van der Waals surface area contributed by atoms with Gasteiger partial charge in [-0.1, -0.05) is 181 Å². The van der Waals surface area contributed by atoms with Gasteiger partial charge in [-0.3, -0.25) is 14.4 Å². The van der Waals surface area contributed by atoms with Crippen molar-refractivity contribution in [3.63, 3.8) is 0 Å². The number of aliphatic hydroxyl groups is 3. The van der Waals surface area contributed by atoms with Crippen LogP contribution in [0.25, 0.3) is 0 Å². The van der Waals surface area contributed by atoms with Crippen molar-refractivity contribution < 1.29 is 100 Å². The number of carbonyl (C=O) groups is 3. The third-order valence-corrected chi connectivity index (χ3v) is 16.2. The summed E-state index contributed by atoms with van der Waals surface area (Å²) in [4.78, 5) is 33.4. The number of ether oxygens (including phenoxy) is 4. The Morgan fingerprint density at radius 2 is 1.00 bits per heavy atom. The summed E-state index contributed by atoms with van der Waals surface area (Å²) in [6.45, 7) is 48.3. The second-order valence-electron chi connectivity index (χ2n) is 26.5. The molecule has 6 rings (SSSR count). The van der Waals surface area contributed by atoms with Crippen molar-refractivity contribution in [2.45, 2.75) is 252 Å². The molecule has 6 aliphatic rings. The van der Waals surface area contributed by atoms with Gasteiger partial charge in [-0.05, 0) is 139 Å². The first kappa shape index (κ1) is 78.4. The van der Waals surface area contributed by atoms with E-state index < -0.39 is 11.6 Å². The van der Waals surface area contributed by atoms with E-state index in [1.165, 1.54) is 42.4 Å². The predicted octanol–water partition coefficient (Wildman–Crippen LogP) is 12.6. The van der Waals surface area contributed by atoms with Gasteiger partial charge >= 0.3 is 51.4 Å². The molecule has 2 fully saturated rings. The Bertz CT molecular complexity index is 2150. The minimum absolute atomic E-state index is 0. The molecule has 8 unspecified atom stereocenters. The molecule has 12 heteroatoms. The molecular formula is C68H114BKO10. The van der Waals surface area contributed by atoms with Crippen LogP contribution in [0.4, 0.5) is 0 Å². The van der Waals surface area contributed by atoms with E-state index in [-0.39, 0.29) is 121 Å². The van der Waals surface area contributed by atoms with Crippen LogP contribution in [0.3, 0.4) is 0 Å². The van der Waals surface area contributed by atoms with Crippen LogP contribution in [0.2, 0.25) is 11.6 Å². The van der Waals surface area contributed by atoms with Gasteiger partial charge in [-0.25, -0.2) is 11.6 Å². The molecule has 2 heterocycles. The zero-order valence-electron chi connectivity index (χ0n) is 54.9. The van der Waals surface area contributed by atoms with Gasteiger partial charge in [-0.2, -0.15) is 0 Å². The van der Waals surface area contributed by atoms with E-state index in [0.29, 0.717) is 38.8 Å². The monoisotopic (exact) mass is 1140 g/mol. The predicted molar refractivity (Wildman–Crippen MR) is 330 cm³/mol. The largest absolute Gasteiger partial charge is 1.00 e. The second-order valence-corrected chi connectivity index (χ2v) is 26.5. The summed E-state index contributed by atoms with van der Waals surface area (Å²) < 4.78 is 22.3. The molecule has 80 heavy (non-hydrogen) atoms. The molecule has 450 valence electrons. The first-order valence-corrected chi connectivity index (χ1v) is 29.9. The molecule has 4 aliphatic carbocycles. The van der Waals surface area contributed by atoms with Gasteiger partial charge in [0.2, 0.25) is 0 Å². The molecule has 0 bridgehead atoms. The first-order valence-electron chi connectivity index (χ1n) is 29.9. The maximum atomic E-state index is 11.6. The molecule has 0 aromatic rings. The van der Waals surface area contributed by atoms with Crippen molar-refractivity contribution in [2.24, 2.45) is 39.4 Å². The molecule has 0 saturated carbocycles. The van der Waals surface area contributed by atoms with E-state index in [2.05, 4.69) is 123 Å². The Labute approximate surface area is 532 Å². The summed E-state index contributed by atoms with van der Waals surface area (Å²) in [6, 6.07) is 0. The molecule has 2 saturated heterocycles. The van der Waals surface area contributed by atoms with Gasteiger partial charge in [-0.15, -0.1) is 0 Å². The summed E-state index contributed by atoms with van der Waals surface area (Å²) in [7, 11) is 2.44. The molecular weight excluding hydrogens is 1030 g/mol. The van der Waals surface area contributed by atoms with Crippen LogP contribution in [0.1, 0.15) is 210 Å². The number of allylic oxidation sites excluding steroid dienone is 11. The summed E-state index contributed by atoms with van der Waals surface area (Å²) >= 11 is 0. The Kier molecular flexibility index (Phi) is 35.6. The van der Waals surface area contributed by atoms with Crippen molar-refractivity contribution in [3.05, 3.63) is 94.7 Å². The van der Waals surface area contributed by atoms with Gasteiger partial charge in [0.25, 0.3) is 0 Å². The fourth-order valence-corrected chi connectivity index (χ4v) is 11.5. The second kappa shape index (κ2) is 36.4. The van der Waals surface area contributed by atoms with Crippen LogP contribution in [-0.4, -0.2) is 96.3 Å². The fourth-order valence-electron chi connectivity index (χ4n) is 11.5. The number of hydrogen-bond acceptors (Lipinski definition) is 10. The van der Waals surface area contributed by atoms with Gasteiger partial charge in [0, 0.05) is 24.2 Å². The van der Waals surface area contributed by atoms with Crippen LogP contribution < -0.4 is 51.4 Å². The summed E-state index contributed by atoms with van der Waals surface area (Å²) in [5.41, 5.74) is 5.88. The summed E-state index contributed by atoms with van der Waals surface area (Å²) in [5, 5.41) is 29.1. The maximum Gasteiger partial charge on any atom is 1.00 e. The quantitative estimate of drug-likeness (QED) is 0.0924. The molecule has 3 N–H and O–H groups in total. The Morgan fingerprint density at radius 1 is 0.613 bits per heavy atom. The van der Waals surface area contributed by atoms with Gasteiger partial charge < -0.3 is 41.5 Å². The van der Waals surface area contributed by atoms with Gasteiger partial charge in [0.1, 0.15) is 0 Å². The number of aliphatic hydroxyl groups excluding tert-OH is 3.